The average molecular weight is 192 g/mol. The Hall–Kier alpha value is -1.35. The zero-order chi connectivity index (χ0) is 10.0. The van der Waals surface area contributed by atoms with Crippen LogP contribution in [0, 0.1) is 0 Å². The molecule has 1 aliphatic heterocycles. The number of carbonyl (C=O) groups excluding carboxylic acids is 1. The van der Waals surface area contributed by atoms with E-state index in [9.17, 15) is 9.90 Å². The van der Waals surface area contributed by atoms with Crippen molar-refractivity contribution in [3.63, 3.8) is 0 Å². The molecule has 14 heavy (non-hydrogen) atoms. The number of cyclic esters (lactones) is 1. The third-order valence-corrected chi connectivity index (χ3v) is 2.60. The van der Waals surface area contributed by atoms with E-state index in [4.69, 9.17) is 4.74 Å². The van der Waals surface area contributed by atoms with Crippen LogP contribution in [-0.4, -0.2) is 17.7 Å². The third-order valence-electron chi connectivity index (χ3n) is 2.60. The highest BCUT2D eigenvalue weighted by Crippen LogP contribution is 2.36. The molecule has 1 heterocycles. The standard InChI is InChI=1S/C11H12O3/c12-8-11(7-6-10(13)14-11)9-4-2-1-3-5-9/h1-5,12H,6-8H2/t11-/m0/s1. The Labute approximate surface area is 82.3 Å². The summed E-state index contributed by atoms with van der Waals surface area (Å²) in [5.74, 6) is -0.233. The third kappa shape index (κ3) is 1.40. The van der Waals surface area contributed by atoms with Crippen molar-refractivity contribution in [1.29, 1.82) is 0 Å². The lowest BCUT2D eigenvalue weighted by Gasteiger charge is -2.25. The Morgan fingerprint density at radius 3 is 2.57 bits per heavy atom. The fraction of sp³-hybridized carbons (Fsp3) is 0.364. The van der Waals surface area contributed by atoms with Crippen LogP contribution in [0.1, 0.15) is 18.4 Å². The van der Waals surface area contributed by atoms with Gasteiger partial charge >= 0.3 is 5.97 Å². The monoisotopic (exact) mass is 192 g/mol. The van der Waals surface area contributed by atoms with Crippen LogP contribution in [-0.2, 0) is 15.1 Å². The quantitative estimate of drug-likeness (QED) is 0.716. The first-order chi connectivity index (χ1) is 6.77. The van der Waals surface area contributed by atoms with Crippen molar-refractivity contribution >= 4 is 5.97 Å². The molecule has 1 N–H and O–H groups in total. The lowest BCUT2D eigenvalue weighted by Crippen LogP contribution is -2.29. The second-order valence-electron chi connectivity index (χ2n) is 3.49. The molecule has 0 saturated carbocycles. The first-order valence-corrected chi connectivity index (χ1v) is 4.65. The molecule has 1 saturated heterocycles. The SMILES string of the molecule is O=C1CC[C@](CO)(c2ccccc2)O1. The van der Waals surface area contributed by atoms with Gasteiger partial charge in [0, 0.05) is 12.8 Å². The highest BCUT2D eigenvalue weighted by Gasteiger charge is 2.41. The molecule has 1 aromatic rings. The maximum Gasteiger partial charge on any atom is 0.306 e. The normalized spacial score (nSPS) is 26.2. The fourth-order valence-electron chi connectivity index (χ4n) is 1.77. The summed E-state index contributed by atoms with van der Waals surface area (Å²) >= 11 is 0. The molecule has 0 aliphatic carbocycles. The first kappa shape index (κ1) is 9.21. The zero-order valence-corrected chi connectivity index (χ0v) is 7.77. The van der Waals surface area contributed by atoms with E-state index >= 15 is 0 Å². The molecule has 0 aromatic heterocycles. The van der Waals surface area contributed by atoms with Gasteiger partial charge < -0.3 is 9.84 Å². The van der Waals surface area contributed by atoms with Crippen LogP contribution in [0.15, 0.2) is 30.3 Å². The molecule has 2 rings (SSSR count). The van der Waals surface area contributed by atoms with Gasteiger partial charge in [-0.1, -0.05) is 30.3 Å². The highest BCUT2D eigenvalue weighted by molar-refractivity contribution is 5.72. The molecule has 1 atom stereocenters. The molecule has 0 unspecified atom stereocenters. The number of ether oxygens (including phenoxy) is 1. The average Bonchev–Trinajstić information content (AvgIpc) is 2.63. The molecule has 0 spiro atoms. The summed E-state index contributed by atoms with van der Waals surface area (Å²) in [6.45, 7) is -0.150. The van der Waals surface area contributed by atoms with Crippen molar-refractivity contribution in [2.24, 2.45) is 0 Å². The number of carbonyl (C=O) groups is 1. The van der Waals surface area contributed by atoms with Crippen molar-refractivity contribution < 1.29 is 14.6 Å². The number of esters is 1. The van der Waals surface area contributed by atoms with Crippen LogP contribution in [0.3, 0.4) is 0 Å². The Morgan fingerprint density at radius 2 is 2.07 bits per heavy atom. The van der Waals surface area contributed by atoms with Gasteiger partial charge in [0.25, 0.3) is 0 Å². The predicted octanol–water partition coefficient (Wildman–Crippen LogP) is 1.21. The summed E-state index contributed by atoms with van der Waals surface area (Å²) in [5.41, 5.74) is 0.0755. The van der Waals surface area contributed by atoms with Gasteiger partial charge in [-0.2, -0.15) is 0 Å². The first-order valence-electron chi connectivity index (χ1n) is 4.65. The summed E-state index contributed by atoms with van der Waals surface area (Å²) in [4.78, 5) is 11.1. The van der Waals surface area contributed by atoms with Crippen LogP contribution in [0.5, 0.6) is 0 Å². The molecule has 1 fully saturated rings. The second-order valence-corrected chi connectivity index (χ2v) is 3.49. The zero-order valence-electron chi connectivity index (χ0n) is 7.77. The van der Waals surface area contributed by atoms with Crippen molar-refractivity contribution in [3.05, 3.63) is 35.9 Å². The molecular formula is C11H12O3. The maximum absolute atomic E-state index is 11.1. The summed E-state index contributed by atoms with van der Waals surface area (Å²) in [6, 6.07) is 9.38. The Morgan fingerprint density at radius 1 is 1.36 bits per heavy atom. The van der Waals surface area contributed by atoms with Gasteiger partial charge in [0.2, 0.25) is 0 Å². The highest BCUT2D eigenvalue weighted by atomic mass is 16.6. The molecule has 1 aliphatic rings. The second kappa shape index (κ2) is 3.42. The Balaban J connectivity index is 2.34. The summed E-state index contributed by atoms with van der Waals surface area (Å²) < 4.78 is 5.20. The van der Waals surface area contributed by atoms with Gasteiger partial charge in [-0.3, -0.25) is 4.79 Å². The van der Waals surface area contributed by atoms with E-state index in [0.29, 0.717) is 12.8 Å². The molecule has 3 nitrogen and oxygen atoms in total. The van der Waals surface area contributed by atoms with E-state index in [1.54, 1.807) is 0 Å². The Bertz CT molecular complexity index is 334. The molecule has 0 radical (unpaired) electrons. The lowest BCUT2D eigenvalue weighted by atomic mass is 9.92. The summed E-state index contributed by atoms with van der Waals surface area (Å²) in [6.07, 6.45) is 0.946. The number of aliphatic hydroxyl groups is 1. The van der Waals surface area contributed by atoms with E-state index in [1.807, 2.05) is 30.3 Å². The minimum Gasteiger partial charge on any atom is -0.452 e. The predicted molar refractivity (Wildman–Crippen MR) is 50.5 cm³/mol. The molecule has 74 valence electrons. The van der Waals surface area contributed by atoms with Crippen molar-refractivity contribution in [2.75, 3.05) is 6.61 Å². The van der Waals surface area contributed by atoms with E-state index in [-0.39, 0.29) is 12.6 Å². The van der Waals surface area contributed by atoms with Crippen LogP contribution in [0.4, 0.5) is 0 Å². The van der Waals surface area contributed by atoms with Crippen LogP contribution < -0.4 is 0 Å². The molecule has 0 amide bonds. The number of hydrogen-bond acceptors (Lipinski definition) is 3. The smallest absolute Gasteiger partial charge is 0.306 e. The van der Waals surface area contributed by atoms with Gasteiger partial charge in [-0.15, -0.1) is 0 Å². The van der Waals surface area contributed by atoms with E-state index < -0.39 is 5.60 Å². The number of rotatable bonds is 2. The number of hydrogen-bond donors (Lipinski definition) is 1. The summed E-state index contributed by atoms with van der Waals surface area (Å²) in [5, 5.41) is 9.31. The lowest BCUT2D eigenvalue weighted by molar-refractivity contribution is -0.152. The van der Waals surface area contributed by atoms with E-state index in [0.717, 1.165) is 5.56 Å². The molecule has 0 bridgehead atoms. The largest absolute Gasteiger partial charge is 0.452 e. The summed E-state index contributed by atoms with van der Waals surface area (Å²) in [7, 11) is 0. The van der Waals surface area contributed by atoms with Crippen LogP contribution in [0.2, 0.25) is 0 Å². The van der Waals surface area contributed by atoms with Gasteiger partial charge in [0.1, 0.15) is 0 Å². The maximum atomic E-state index is 11.1. The van der Waals surface area contributed by atoms with E-state index in [2.05, 4.69) is 0 Å². The number of aliphatic hydroxyl groups excluding tert-OH is 1. The number of benzene rings is 1. The van der Waals surface area contributed by atoms with Gasteiger partial charge in [0.15, 0.2) is 5.60 Å². The van der Waals surface area contributed by atoms with Gasteiger partial charge in [-0.05, 0) is 5.56 Å². The Kier molecular flexibility index (Phi) is 2.25. The minimum absolute atomic E-state index is 0.150. The van der Waals surface area contributed by atoms with Crippen molar-refractivity contribution in [2.45, 2.75) is 18.4 Å². The minimum atomic E-state index is -0.793. The van der Waals surface area contributed by atoms with E-state index in [1.165, 1.54) is 0 Å². The molecule has 1 aromatic carbocycles. The van der Waals surface area contributed by atoms with Crippen LogP contribution >= 0.6 is 0 Å². The van der Waals surface area contributed by atoms with Gasteiger partial charge in [0.05, 0.1) is 6.61 Å². The fourth-order valence-corrected chi connectivity index (χ4v) is 1.77. The van der Waals surface area contributed by atoms with Gasteiger partial charge in [-0.25, -0.2) is 0 Å². The molecule has 3 heteroatoms. The molecular weight excluding hydrogens is 180 g/mol. The van der Waals surface area contributed by atoms with Crippen molar-refractivity contribution in [3.8, 4) is 0 Å². The topological polar surface area (TPSA) is 46.5 Å². The van der Waals surface area contributed by atoms with Crippen LogP contribution in [0.25, 0.3) is 0 Å². The van der Waals surface area contributed by atoms with Crippen molar-refractivity contribution in [1.82, 2.24) is 0 Å².